The molecule has 25 heavy (non-hydrogen) atoms. The molecule has 0 aliphatic carbocycles. The van der Waals surface area contributed by atoms with Crippen molar-refractivity contribution in [2.75, 3.05) is 19.8 Å². The Morgan fingerprint density at radius 1 is 1.32 bits per heavy atom. The van der Waals surface area contributed by atoms with Crippen LogP contribution in [0.3, 0.4) is 0 Å². The minimum absolute atomic E-state index is 0.0458. The number of nitrogens with one attached hydrogen (secondary N) is 1. The fraction of sp³-hybridized carbons (Fsp3) is 0.444. The van der Waals surface area contributed by atoms with E-state index in [4.69, 9.17) is 4.74 Å². The molecule has 6 nitrogen and oxygen atoms in total. The van der Waals surface area contributed by atoms with Crippen molar-refractivity contribution in [1.29, 1.82) is 0 Å². The molecule has 0 bridgehead atoms. The van der Waals surface area contributed by atoms with Crippen LogP contribution in [-0.2, 0) is 16.1 Å². The van der Waals surface area contributed by atoms with Gasteiger partial charge in [0, 0.05) is 30.8 Å². The number of hydrogen-bond donors (Lipinski definition) is 2. The second kappa shape index (κ2) is 8.31. The summed E-state index contributed by atoms with van der Waals surface area (Å²) >= 11 is 1.64. The number of carbonyl (C=O) groups is 2. The molecule has 3 rings (SSSR count). The lowest BCUT2D eigenvalue weighted by atomic mass is 9.86. The highest BCUT2D eigenvalue weighted by Gasteiger charge is 2.30. The first-order valence-corrected chi connectivity index (χ1v) is 9.29. The van der Waals surface area contributed by atoms with Gasteiger partial charge in [-0.15, -0.1) is 11.3 Å². The van der Waals surface area contributed by atoms with Crippen molar-refractivity contribution in [2.24, 2.45) is 11.8 Å². The lowest BCUT2D eigenvalue weighted by molar-refractivity contribution is -0.144. The van der Waals surface area contributed by atoms with E-state index in [1.807, 2.05) is 34.3 Å². The van der Waals surface area contributed by atoms with E-state index in [0.717, 1.165) is 17.7 Å². The lowest BCUT2D eigenvalue weighted by Crippen LogP contribution is -2.39. The molecule has 0 spiro atoms. The van der Waals surface area contributed by atoms with E-state index in [-0.39, 0.29) is 18.4 Å². The predicted molar refractivity (Wildman–Crippen MR) is 94.9 cm³/mol. The van der Waals surface area contributed by atoms with Crippen molar-refractivity contribution in [3.63, 3.8) is 0 Å². The third-order valence-electron chi connectivity index (χ3n) is 4.60. The molecule has 1 saturated heterocycles. The minimum atomic E-state index is -0.860. The van der Waals surface area contributed by atoms with Crippen LogP contribution in [0, 0.1) is 11.8 Å². The van der Waals surface area contributed by atoms with Gasteiger partial charge < -0.3 is 19.7 Å². The second-order valence-corrected chi connectivity index (χ2v) is 7.24. The Morgan fingerprint density at radius 2 is 2.12 bits per heavy atom. The molecule has 1 unspecified atom stereocenters. The number of carboxylic acids is 1. The summed E-state index contributed by atoms with van der Waals surface area (Å²) in [5.41, 5.74) is 0.546. The standard InChI is InChI=1S/C18H22N2O4S/c21-17(16-4-1-7-20(16)12-14-3-2-10-25-14)19-11-15(18(22)23)13-5-8-24-9-6-13/h1-4,7,10,13,15H,5-6,8-9,11-12H2,(H,19,21)(H,22,23). The molecule has 1 aliphatic heterocycles. The van der Waals surface area contributed by atoms with Gasteiger partial charge in [-0.2, -0.15) is 0 Å². The molecule has 2 aromatic heterocycles. The van der Waals surface area contributed by atoms with Gasteiger partial charge >= 0.3 is 5.97 Å². The van der Waals surface area contributed by atoms with Crippen molar-refractivity contribution < 1.29 is 19.4 Å². The molecule has 0 aromatic carbocycles. The summed E-state index contributed by atoms with van der Waals surface area (Å²) in [6.07, 6.45) is 3.31. The van der Waals surface area contributed by atoms with Gasteiger partial charge in [-0.05, 0) is 42.3 Å². The number of thiophene rings is 1. The highest BCUT2D eigenvalue weighted by atomic mass is 32.1. The molecule has 1 aliphatic rings. The molecule has 3 heterocycles. The molecule has 1 atom stereocenters. The first-order chi connectivity index (χ1) is 12.1. The van der Waals surface area contributed by atoms with E-state index >= 15 is 0 Å². The largest absolute Gasteiger partial charge is 0.481 e. The average molecular weight is 362 g/mol. The summed E-state index contributed by atoms with van der Waals surface area (Å²) in [4.78, 5) is 25.3. The number of aliphatic carboxylic acids is 1. The number of aromatic nitrogens is 1. The number of nitrogens with zero attached hydrogens (tertiary/aromatic N) is 1. The van der Waals surface area contributed by atoms with Crippen LogP contribution >= 0.6 is 11.3 Å². The number of ether oxygens (including phenoxy) is 1. The van der Waals surface area contributed by atoms with E-state index in [9.17, 15) is 14.7 Å². The molecule has 0 radical (unpaired) electrons. The van der Waals surface area contributed by atoms with Gasteiger partial charge in [0.15, 0.2) is 0 Å². The fourth-order valence-electron chi connectivity index (χ4n) is 3.20. The Labute approximate surface area is 150 Å². The van der Waals surface area contributed by atoms with Gasteiger partial charge in [0.2, 0.25) is 0 Å². The van der Waals surface area contributed by atoms with Crippen LogP contribution in [0.5, 0.6) is 0 Å². The maximum absolute atomic E-state index is 12.5. The topological polar surface area (TPSA) is 80.6 Å². The normalized spacial score (nSPS) is 16.5. The molecule has 7 heteroatoms. The van der Waals surface area contributed by atoms with Crippen molar-refractivity contribution in [3.05, 3.63) is 46.4 Å². The highest BCUT2D eigenvalue weighted by Crippen LogP contribution is 2.24. The van der Waals surface area contributed by atoms with Gasteiger partial charge in [0.05, 0.1) is 12.5 Å². The van der Waals surface area contributed by atoms with Crippen LogP contribution in [0.4, 0.5) is 0 Å². The first kappa shape index (κ1) is 17.7. The van der Waals surface area contributed by atoms with Crippen molar-refractivity contribution >= 4 is 23.2 Å². The number of amides is 1. The van der Waals surface area contributed by atoms with E-state index in [1.54, 1.807) is 17.4 Å². The number of carbonyl (C=O) groups excluding carboxylic acids is 1. The van der Waals surface area contributed by atoms with E-state index in [0.29, 0.717) is 25.5 Å². The van der Waals surface area contributed by atoms with E-state index in [2.05, 4.69) is 5.32 Å². The molecule has 134 valence electrons. The van der Waals surface area contributed by atoms with Crippen molar-refractivity contribution in [2.45, 2.75) is 19.4 Å². The molecule has 0 saturated carbocycles. The SMILES string of the molecule is O=C(NCC(C(=O)O)C1CCOCC1)c1cccn1Cc1cccs1. The van der Waals surface area contributed by atoms with Crippen LogP contribution in [0.25, 0.3) is 0 Å². The Bertz CT molecular complexity index is 704. The molecule has 1 amide bonds. The van der Waals surface area contributed by atoms with E-state index < -0.39 is 11.9 Å². The Hall–Kier alpha value is -2.12. The molecule has 1 fully saturated rings. The van der Waals surface area contributed by atoms with Gasteiger partial charge in [0.1, 0.15) is 5.69 Å². The molecular weight excluding hydrogens is 340 g/mol. The van der Waals surface area contributed by atoms with Crippen molar-refractivity contribution in [3.8, 4) is 0 Å². The van der Waals surface area contributed by atoms with Crippen LogP contribution in [0.2, 0.25) is 0 Å². The Balaban J connectivity index is 1.61. The number of carboxylic acid groups (broad SMARTS) is 1. The van der Waals surface area contributed by atoms with Crippen LogP contribution in [-0.4, -0.2) is 41.3 Å². The van der Waals surface area contributed by atoms with Crippen LogP contribution < -0.4 is 5.32 Å². The summed E-state index contributed by atoms with van der Waals surface area (Å²) in [5.74, 6) is -1.63. The summed E-state index contributed by atoms with van der Waals surface area (Å²) in [5, 5.41) is 14.3. The lowest BCUT2D eigenvalue weighted by Gasteiger charge is -2.27. The van der Waals surface area contributed by atoms with E-state index in [1.165, 1.54) is 0 Å². The summed E-state index contributed by atoms with van der Waals surface area (Å²) in [6, 6.07) is 7.59. The third kappa shape index (κ3) is 4.49. The minimum Gasteiger partial charge on any atom is -0.481 e. The Morgan fingerprint density at radius 3 is 2.80 bits per heavy atom. The third-order valence-corrected chi connectivity index (χ3v) is 5.46. The number of rotatable bonds is 7. The first-order valence-electron chi connectivity index (χ1n) is 8.41. The van der Waals surface area contributed by atoms with Gasteiger partial charge in [-0.3, -0.25) is 9.59 Å². The van der Waals surface area contributed by atoms with Crippen LogP contribution in [0.15, 0.2) is 35.8 Å². The summed E-state index contributed by atoms with van der Waals surface area (Å²) in [6.45, 7) is 1.96. The van der Waals surface area contributed by atoms with Gasteiger partial charge in [-0.25, -0.2) is 0 Å². The Kier molecular flexibility index (Phi) is 5.88. The van der Waals surface area contributed by atoms with Crippen molar-refractivity contribution in [1.82, 2.24) is 9.88 Å². The zero-order valence-electron chi connectivity index (χ0n) is 13.9. The molecular formula is C18H22N2O4S. The van der Waals surface area contributed by atoms with Crippen LogP contribution in [0.1, 0.15) is 28.2 Å². The summed E-state index contributed by atoms with van der Waals surface area (Å²) in [7, 11) is 0. The molecule has 2 aromatic rings. The maximum atomic E-state index is 12.5. The average Bonchev–Trinajstić information content (AvgIpc) is 3.28. The van der Waals surface area contributed by atoms with Gasteiger partial charge in [0.25, 0.3) is 5.91 Å². The predicted octanol–water partition coefficient (Wildman–Crippen LogP) is 2.46. The second-order valence-electron chi connectivity index (χ2n) is 6.21. The molecule has 2 N–H and O–H groups in total. The summed E-state index contributed by atoms with van der Waals surface area (Å²) < 4.78 is 7.18. The highest BCUT2D eigenvalue weighted by molar-refractivity contribution is 7.09. The number of hydrogen-bond acceptors (Lipinski definition) is 4. The quantitative estimate of drug-likeness (QED) is 0.793. The monoisotopic (exact) mass is 362 g/mol. The smallest absolute Gasteiger partial charge is 0.308 e. The van der Waals surface area contributed by atoms with Gasteiger partial charge in [-0.1, -0.05) is 6.07 Å². The zero-order valence-corrected chi connectivity index (χ0v) is 14.7. The zero-order chi connectivity index (χ0) is 17.6. The fourth-order valence-corrected chi connectivity index (χ4v) is 3.90. The maximum Gasteiger partial charge on any atom is 0.308 e.